The summed E-state index contributed by atoms with van der Waals surface area (Å²) in [6.45, 7) is 5.24. The van der Waals surface area contributed by atoms with Gasteiger partial charge in [0, 0.05) is 18.0 Å². The van der Waals surface area contributed by atoms with E-state index in [0.29, 0.717) is 12.1 Å². The lowest BCUT2D eigenvalue weighted by atomic mass is 10.1. The molecule has 5 heteroatoms. The maximum absolute atomic E-state index is 12.6. The quantitative estimate of drug-likeness (QED) is 0.882. The molecule has 22 heavy (non-hydrogen) atoms. The van der Waals surface area contributed by atoms with Crippen molar-refractivity contribution in [2.75, 3.05) is 13.2 Å². The van der Waals surface area contributed by atoms with Crippen molar-refractivity contribution in [1.29, 1.82) is 0 Å². The fraction of sp³-hybridized carbons (Fsp3) is 0.412. The first-order chi connectivity index (χ1) is 10.7. The number of para-hydroxylation sites is 1. The molecular formula is C17H21N3O2. The molecule has 0 saturated carbocycles. The molecule has 0 amide bonds. The van der Waals surface area contributed by atoms with E-state index in [2.05, 4.69) is 10.1 Å². The highest BCUT2D eigenvalue weighted by atomic mass is 16.5. The average molecular weight is 299 g/mol. The van der Waals surface area contributed by atoms with E-state index < -0.39 is 0 Å². The summed E-state index contributed by atoms with van der Waals surface area (Å²) < 4.78 is 7.14. The minimum atomic E-state index is -0.0581. The van der Waals surface area contributed by atoms with Gasteiger partial charge in [-0.3, -0.25) is 14.9 Å². The maximum atomic E-state index is 12.6. The van der Waals surface area contributed by atoms with Gasteiger partial charge < -0.3 is 4.74 Å². The fourth-order valence-electron chi connectivity index (χ4n) is 2.84. The Hall–Kier alpha value is -2.14. The minimum Gasteiger partial charge on any atom is -0.376 e. The first kappa shape index (κ1) is 14.8. The third kappa shape index (κ3) is 2.90. The second-order valence-electron chi connectivity index (χ2n) is 5.65. The molecule has 2 aromatic rings. The second kappa shape index (κ2) is 6.32. The third-order valence-electron chi connectivity index (χ3n) is 4.00. The van der Waals surface area contributed by atoms with Crippen molar-refractivity contribution < 1.29 is 4.74 Å². The van der Waals surface area contributed by atoms with Crippen LogP contribution in [0.3, 0.4) is 0 Å². The van der Waals surface area contributed by atoms with Crippen molar-refractivity contribution in [3.8, 4) is 5.69 Å². The summed E-state index contributed by atoms with van der Waals surface area (Å²) in [6.07, 6.45) is 2.35. The van der Waals surface area contributed by atoms with Gasteiger partial charge in [-0.05, 0) is 38.8 Å². The molecule has 116 valence electrons. The topological polar surface area (TPSA) is 59.4 Å². The number of hydrogen-bond acceptors (Lipinski definition) is 3. The molecule has 1 aliphatic rings. The largest absolute Gasteiger partial charge is 0.376 e. The molecule has 5 nitrogen and oxygen atoms in total. The van der Waals surface area contributed by atoms with Crippen molar-refractivity contribution in [3.63, 3.8) is 0 Å². The van der Waals surface area contributed by atoms with Gasteiger partial charge in [-0.2, -0.15) is 0 Å². The van der Waals surface area contributed by atoms with Gasteiger partial charge in [0.25, 0.3) is 5.56 Å². The molecule has 0 unspecified atom stereocenters. The Morgan fingerprint density at radius 3 is 2.86 bits per heavy atom. The summed E-state index contributed by atoms with van der Waals surface area (Å²) in [5.74, 6) is 0. The molecular weight excluding hydrogens is 278 g/mol. The summed E-state index contributed by atoms with van der Waals surface area (Å²) in [7, 11) is 0. The van der Waals surface area contributed by atoms with Crippen LogP contribution < -0.4 is 5.56 Å². The van der Waals surface area contributed by atoms with Crippen LogP contribution >= 0.6 is 0 Å². The minimum absolute atomic E-state index is 0.0581. The molecule has 0 aliphatic carbocycles. The number of nitrogens with zero attached hydrogens (tertiary/aromatic N) is 2. The predicted octanol–water partition coefficient (Wildman–Crippen LogP) is 2.46. The van der Waals surface area contributed by atoms with Crippen molar-refractivity contribution in [3.05, 3.63) is 51.9 Å². The van der Waals surface area contributed by atoms with E-state index >= 15 is 0 Å². The van der Waals surface area contributed by atoms with Gasteiger partial charge in [0.2, 0.25) is 0 Å². The molecule has 1 atom stereocenters. The van der Waals surface area contributed by atoms with Crippen molar-refractivity contribution in [2.24, 2.45) is 4.99 Å². The molecule has 0 radical (unpaired) electrons. The number of benzene rings is 1. The zero-order chi connectivity index (χ0) is 15.5. The Morgan fingerprint density at radius 1 is 1.41 bits per heavy atom. The smallest absolute Gasteiger partial charge is 0.280 e. The van der Waals surface area contributed by atoms with Crippen LogP contribution in [0, 0.1) is 6.92 Å². The number of nitrogens with one attached hydrogen (secondary N) is 1. The highest BCUT2D eigenvalue weighted by molar-refractivity contribution is 5.99. The van der Waals surface area contributed by atoms with Gasteiger partial charge in [0.1, 0.15) is 0 Å². The number of hydrogen-bond donors (Lipinski definition) is 1. The SMILES string of the molecule is CC(=NC[C@H]1CCCO1)c1c(C)[nH]n(-c2ccccc2)c1=O. The van der Waals surface area contributed by atoms with Gasteiger partial charge in [-0.1, -0.05) is 18.2 Å². The number of aryl methyl sites for hydroxylation is 1. The van der Waals surface area contributed by atoms with E-state index in [1.165, 1.54) is 0 Å². The van der Waals surface area contributed by atoms with Crippen LogP contribution in [-0.4, -0.2) is 34.7 Å². The first-order valence-corrected chi connectivity index (χ1v) is 7.67. The normalized spacial score (nSPS) is 18.8. The fourth-order valence-corrected chi connectivity index (χ4v) is 2.84. The Morgan fingerprint density at radius 2 is 2.18 bits per heavy atom. The van der Waals surface area contributed by atoms with Crippen LogP contribution in [0.5, 0.6) is 0 Å². The summed E-state index contributed by atoms with van der Waals surface area (Å²) in [5.41, 5.74) is 3.03. The molecule has 1 N–H and O–H groups in total. The zero-order valence-corrected chi connectivity index (χ0v) is 13.0. The molecule has 1 aromatic heterocycles. The van der Waals surface area contributed by atoms with Crippen LogP contribution in [0.1, 0.15) is 31.0 Å². The molecule has 1 saturated heterocycles. The Balaban J connectivity index is 1.89. The standard InChI is InChI=1S/C17H21N3O2/c1-12(18-11-15-9-6-10-22-15)16-13(2)19-20(17(16)21)14-7-4-3-5-8-14/h3-5,7-8,15,19H,6,9-11H2,1-2H3/t15-/m1/s1. The Bertz CT molecular complexity index is 722. The monoisotopic (exact) mass is 299 g/mol. The van der Waals surface area contributed by atoms with Crippen LogP contribution in [0.15, 0.2) is 40.1 Å². The van der Waals surface area contributed by atoms with E-state index in [1.807, 2.05) is 44.2 Å². The van der Waals surface area contributed by atoms with E-state index in [0.717, 1.165) is 36.5 Å². The van der Waals surface area contributed by atoms with Gasteiger partial charge in [0.15, 0.2) is 0 Å². The second-order valence-corrected chi connectivity index (χ2v) is 5.65. The number of H-pyrrole nitrogens is 1. The van der Waals surface area contributed by atoms with Crippen LogP contribution in [-0.2, 0) is 4.74 Å². The van der Waals surface area contributed by atoms with Crippen molar-refractivity contribution in [1.82, 2.24) is 9.78 Å². The van der Waals surface area contributed by atoms with Crippen molar-refractivity contribution >= 4 is 5.71 Å². The highest BCUT2D eigenvalue weighted by Crippen LogP contribution is 2.13. The van der Waals surface area contributed by atoms with Gasteiger partial charge in [-0.25, -0.2) is 4.68 Å². The average Bonchev–Trinajstić information content (AvgIpc) is 3.14. The lowest BCUT2D eigenvalue weighted by Crippen LogP contribution is -2.20. The summed E-state index contributed by atoms with van der Waals surface area (Å²) in [5, 5.41) is 3.13. The number of aromatic nitrogens is 2. The van der Waals surface area contributed by atoms with E-state index in [-0.39, 0.29) is 11.7 Å². The molecule has 0 bridgehead atoms. The summed E-state index contributed by atoms with van der Waals surface area (Å²) in [4.78, 5) is 17.2. The highest BCUT2D eigenvalue weighted by Gasteiger charge is 2.17. The van der Waals surface area contributed by atoms with Crippen LogP contribution in [0.25, 0.3) is 5.69 Å². The Kier molecular flexibility index (Phi) is 4.24. The first-order valence-electron chi connectivity index (χ1n) is 7.67. The van der Waals surface area contributed by atoms with Crippen molar-refractivity contribution in [2.45, 2.75) is 32.8 Å². The number of aliphatic imine (C=N–C) groups is 1. The van der Waals surface area contributed by atoms with Gasteiger partial charge in [0.05, 0.1) is 23.9 Å². The predicted molar refractivity (Wildman–Crippen MR) is 87.2 cm³/mol. The molecule has 0 spiro atoms. The molecule has 1 aliphatic heterocycles. The third-order valence-corrected chi connectivity index (χ3v) is 4.00. The maximum Gasteiger partial charge on any atom is 0.280 e. The summed E-state index contributed by atoms with van der Waals surface area (Å²) >= 11 is 0. The van der Waals surface area contributed by atoms with E-state index in [9.17, 15) is 4.79 Å². The number of aromatic amines is 1. The lowest BCUT2D eigenvalue weighted by Gasteiger charge is -2.05. The molecule has 1 aromatic carbocycles. The number of rotatable bonds is 4. The lowest BCUT2D eigenvalue weighted by molar-refractivity contribution is 0.118. The van der Waals surface area contributed by atoms with Gasteiger partial charge in [-0.15, -0.1) is 0 Å². The van der Waals surface area contributed by atoms with E-state index in [4.69, 9.17) is 4.74 Å². The molecule has 2 heterocycles. The van der Waals surface area contributed by atoms with E-state index in [1.54, 1.807) is 4.68 Å². The van der Waals surface area contributed by atoms with Gasteiger partial charge >= 0.3 is 0 Å². The zero-order valence-electron chi connectivity index (χ0n) is 13.0. The van der Waals surface area contributed by atoms with Crippen LogP contribution in [0.4, 0.5) is 0 Å². The molecule has 3 rings (SSSR count). The van der Waals surface area contributed by atoms with Crippen LogP contribution in [0.2, 0.25) is 0 Å². The Labute approximate surface area is 129 Å². The summed E-state index contributed by atoms with van der Waals surface area (Å²) in [6, 6.07) is 9.56. The molecule has 1 fully saturated rings. The number of ether oxygens (including phenoxy) is 1.